The highest BCUT2D eigenvalue weighted by atomic mass is 16.2. The van der Waals surface area contributed by atoms with Gasteiger partial charge in [-0.1, -0.05) is 0 Å². The van der Waals surface area contributed by atoms with E-state index in [2.05, 4.69) is 17.1 Å². The van der Waals surface area contributed by atoms with Crippen molar-refractivity contribution in [2.45, 2.75) is 57.5 Å². The van der Waals surface area contributed by atoms with Gasteiger partial charge in [-0.3, -0.25) is 4.79 Å². The van der Waals surface area contributed by atoms with Crippen LogP contribution < -0.4 is 5.32 Å². The van der Waals surface area contributed by atoms with Crippen LogP contribution in [0.15, 0.2) is 0 Å². The molecule has 0 spiro atoms. The molecule has 2 atom stereocenters. The van der Waals surface area contributed by atoms with Gasteiger partial charge in [0.1, 0.15) is 0 Å². The number of hydrogen-bond donors (Lipinski definition) is 1. The molecule has 0 aromatic carbocycles. The lowest BCUT2D eigenvalue weighted by atomic mass is 9.98. The third-order valence-electron chi connectivity index (χ3n) is 3.58. The molecule has 3 heteroatoms. The van der Waals surface area contributed by atoms with Gasteiger partial charge in [0.15, 0.2) is 0 Å². The van der Waals surface area contributed by atoms with Crippen LogP contribution in [-0.2, 0) is 4.79 Å². The largest absolute Gasteiger partial charge is 0.341 e. The van der Waals surface area contributed by atoms with Gasteiger partial charge in [-0.05, 0) is 45.4 Å². The van der Waals surface area contributed by atoms with Gasteiger partial charge in [-0.25, -0.2) is 0 Å². The van der Waals surface area contributed by atoms with Crippen molar-refractivity contribution in [1.29, 1.82) is 0 Å². The summed E-state index contributed by atoms with van der Waals surface area (Å²) in [5.74, 6) is 0.348. The summed E-state index contributed by atoms with van der Waals surface area (Å²) in [6, 6.07) is 0.615. The van der Waals surface area contributed by atoms with Crippen molar-refractivity contribution in [3.63, 3.8) is 0 Å². The molecular formula is C12H22N2O. The lowest BCUT2D eigenvalue weighted by Gasteiger charge is -2.34. The van der Waals surface area contributed by atoms with E-state index in [0.717, 1.165) is 19.5 Å². The van der Waals surface area contributed by atoms with E-state index in [-0.39, 0.29) is 6.04 Å². The molecule has 0 aliphatic carbocycles. The van der Waals surface area contributed by atoms with Gasteiger partial charge < -0.3 is 10.2 Å². The maximum absolute atomic E-state index is 12.2. The predicted molar refractivity (Wildman–Crippen MR) is 60.7 cm³/mol. The smallest absolute Gasteiger partial charge is 0.239 e. The number of likely N-dealkylation sites (tertiary alicyclic amines) is 1. The Morgan fingerprint density at radius 1 is 1.13 bits per heavy atom. The van der Waals surface area contributed by atoms with Crippen molar-refractivity contribution in [3.05, 3.63) is 0 Å². The highest BCUT2D eigenvalue weighted by Gasteiger charge is 2.28. The van der Waals surface area contributed by atoms with Crippen LogP contribution >= 0.6 is 0 Å². The minimum Gasteiger partial charge on any atom is -0.341 e. The van der Waals surface area contributed by atoms with Gasteiger partial charge >= 0.3 is 0 Å². The average Bonchev–Trinajstić information content (AvgIpc) is 2.29. The van der Waals surface area contributed by atoms with Crippen LogP contribution in [0.1, 0.15) is 45.4 Å². The number of rotatable bonds is 1. The summed E-state index contributed by atoms with van der Waals surface area (Å²) >= 11 is 0. The molecule has 1 amide bonds. The average molecular weight is 210 g/mol. The fourth-order valence-electron chi connectivity index (χ4n) is 2.67. The maximum Gasteiger partial charge on any atom is 0.239 e. The topological polar surface area (TPSA) is 32.3 Å². The van der Waals surface area contributed by atoms with E-state index < -0.39 is 0 Å². The SMILES string of the molecule is CC1CCCC(C(=O)N2CCCCC2)N1. The summed E-state index contributed by atoms with van der Waals surface area (Å²) in [6.45, 7) is 4.13. The van der Waals surface area contributed by atoms with Crippen molar-refractivity contribution >= 4 is 5.91 Å². The Kier molecular flexibility index (Phi) is 3.62. The standard InChI is InChI=1S/C12H22N2O/c1-10-6-5-7-11(13-10)12(15)14-8-3-2-4-9-14/h10-11,13H,2-9H2,1H3. The molecule has 0 bridgehead atoms. The van der Waals surface area contributed by atoms with Gasteiger partial charge in [0.25, 0.3) is 0 Å². The van der Waals surface area contributed by atoms with Crippen LogP contribution in [0, 0.1) is 0 Å². The van der Waals surface area contributed by atoms with Crippen LogP contribution in [0.5, 0.6) is 0 Å². The third-order valence-corrected chi connectivity index (χ3v) is 3.58. The molecule has 2 fully saturated rings. The highest BCUT2D eigenvalue weighted by molar-refractivity contribution is 5.82. The zero-order valence-corrected chi connectivity index (χ0v) is 9.67. The number of nitrogens with zero attached hydrogens (tertiary/aromatic N) is 1. The minimum absolute atomic E-state index is 0.104. The second-order valence-electron chi connectivity index (χ2n) is 4.94. The number of carbonyl (C=O) groups is 1. The molecule has 0 radical (unpaired) electrons. The number of nitrogens with one attached hydrogen (secondary N) is 1. The van der Waals surface area contributed by atoms with E-state index in [0.29, 0.717) is 11.9 Å². The number of carbonyl (C=O) groups excluding carboxylic acids is 1. The molecule has 2 heterocycles. The quantitative estimate of drug-likeness (QED) is 0.712. The van der Waals surface area contributed by atoms with Crippen molar-refractivity contribution < 1.29 is 4.79 Å². The van der Waals surface area contributed by atoms with Crippen LogP contribution in [0.3, 0.4) is 0 Å². The minimum atomic E-state index is 0.104. The Morgan fingerprint density at radius 2 is 1.87 bits per heavy atom. The summed E-state index contributed by atoms with van der Waals surface area (Å²) < 4.78 is 0. The van der Waals surface area contributed by atoms with E-state index in [4.69, 9.17) is 0 Å². The number of piperidine rings is 2. The first kappa shape index (κ1) is 10.9. The first-order valence-corrected chi connectivity index (χ1v) is 6.32. The first-order chi connectivity index (χ1) is 7.27. The lowest BCUT2D eigenvalue weighted by Crippen LogP contribution is -2.52. The van der Waals surface area contributed by atoms with Gasteiger partial charge in [0, 0.05) is 19.1 Å². The normalized spacial score (nSPS) is 32.7. The van der Waals surface area contributed by atoms with E-state index >= 15 is 0 Å². The fraction of sp³-hybridized carbons (Fsp3) is 0.917. The number of hydrogen-bond acceptors (Lipinski definition) is 2. The summed E-state index contributed by atoms with van der Waals surface area (Å²) in [5, 5.41) is 3.42. The molecule has 0 aromatic heterocycles. The molecule has 2 aliphatic rings. The van der Waals surface area contributed by atoms with Crippen molar-refractivity contribution in [1.82, 2.24) is 10.2 Å². The van der Waals surface area contributed by atoms with E-state index in [1.165, 1.54) is 32.1 Å². The molecule has 15 heavy (non-hydrogen) atoms. The zero-order valence-electron chi connectivity index (χ0n) is 9.67. The highest BCUT2D eigenvalue weighted by Crippen LogP contribution is 2.16. The van der Waals surface area contributed by atoms with Crippen molar-refractivity contribution in [2.75, 3.05) is 13.1 Å². The maximum atomic E-state index is 12.2. The Morgan fingerprint density at radius 3 is 2.53 bits per heavy atom. The van der Waals surface area contributed by atoms with Gasteiger partial charge in [0.05, 0.1) is 6.04 Å². The molecule has 1 N–H and O–H groups in total. The summed E-state index contributed by atoms with van der Waals surface area (Å²) in [4.78, 5) is 14.2. The second-order valence-corrected chi connectivity index (χ2v) is 4.94. The van der Waals surface area contributed by atoms with Crippen molar-refractivity contribution in [2.24, 2.45) is 0 Å². The van der Waals surface area contributed by atoms with Crippen molar-refractivity contribution in [3.8, 4) is 0 Å². The second kappa shape index (κ2) is 4.97. The lowest BCUT2D eigenvalue weighted by molar-refractivity contribution is -0.135. The van der Waals surface area contributed by atoms with Crippen LogP contribution in [0.4, 0.5) is 0 Å². The Labute approximate surface area is 92.2 Å². The van der Waals surface area contributed by atoms with Crippen LogP contribution in [0.2, 0.25) is 0 Å². The Balaban J connectivity index is 1.88. The molecule has 3 nitrogen and oxygen atoms in total. The predicted octanol–water partition coefficient (Wildman–Crippen LogP) is 1.53. The fourth-order valence-corrected chi connectivity index (χ4v) is 2.67. The van der Waals surface area contributed by atoms with Gasteiger partial charge in [-0.2, -0.15) is 0 Å². The Hall–Kier alpha value is -0.570. The van der Waals surface area contributed by atoms with Gasteiger partial charge in [0.2, 0.25) is 5.91 Å². The molecule has 0 saturated carbocycles. The molecule has 0 aromatic rings. The first-order valence-electron chi connectivity index (χ1n) is 6.32. The molecule has 2 unspecified atom stereocenters. The molecule has 86 valence electrons. The van der Waals surface area contributed by atoms with E-state index in [1.807, 2.05) is 0 Å². The van der Waals surface area contributed by atoms with Crippen LogP contribution in [-0.4, -0.2) is 36.0 Å². The summed E-state index contributed by atoms with van der Waals surface area (Å²) in [5.41, 5.74) is 0. The van der Waals surface area contributed by atoms with Gasteiger partial charge in [-0.15, -0.1) is 0 Å². The summed E-state index contributed by atoms with van der Waals surface area (Å²) in [7, 11) is 0. The number of amides is 1. The molecule has 2 aliphatic heterocycles. The van der Waals surface area contributed by atoms with E-state index in [9.17, 15) is 4.79 Å². The van der Waals surface area contributed by atoms with Crippen LogP contribution in [0.25, 0.3) is 0 Å². The molecule has 2 rings (SSSR count). The zero-order chi connectivity index (χ0) is 10.7. The third kappa shape index (κ3) is 2.71. The summed E-state index contributed by atoms with van der Waals surface area (Å²) in [6.07, 6.45) is 7.10. The monoisotopic (exact) mass is 210 g/mol. The van der Waals surface area contributed by atoms with E-state index in [1.54, 1.807) is 0 Å². The molecule has 2 saturated heterocycles. The Bertz CT molecular complexity index is 224. The molecular weight excluding hydrogens is 188 g/mol.